The van der Waals surface area contributed by atoms with Crippen molar-refractivity contribution in [1.82, 2.24) is 10.2 Å². The number of urea groups is 1. The van der Waals surface area contributed by atoms with Gasteiger partial charge in [-0.25, -0.2) is 4.79 Å². The molecule has 3 atom stereocenters. The van der Waals surface area contributed by atoms with Crippen molar-refractivity contribution < 1.29 is 9.53 Å². The maximum Gasteiger partial charge on any atom is 0.317 e. The molecule has 1 aromatic carbocycles. The number of ether oxygens (including phenoxy) is 1. The van der Waals surface area contributed by atoms with Gasteiger partial charge < -0.3 is 15.0 Å². The molecule has 2 heterocycles. The van der Waals surface area contributed by atoms with Crippen LogP contribution in [0.15, 0.2) is 30.3 Å². The number of amides is 2. The van der Waals surface area contributed by atoms with Gasteiger partial charge in [0.1, 0.15) is 0 Å². The topological polar surface area (TPSA) is 65.4 Å². The molecule has 0 spiro atoms. The second-order valence-electron chi connectivity index (χ2n) is 7.67. The lowest BCUT2D eigenvalue weighted by atomic mass is 9.70. The number of rotatable bonds is 3. The van der Waals surface area contributed by atoms with Crippen molar-refractivity contribution in [3.05, 3.63) is 35.9 Å². The molecule has 2 amide bonds. The number of nitriles is 1. The number of nitrogens with zero attached hydrogens (tertiary/aromatic N) is 2. The average molecular weight is 339 g/mol. The molecule has 2 saturated heterocycles. The van der Waals surface area contributed by atoms with Crippen molar-refractivity contribution in [2.24, 2.45) is 11.3 Å². The molecule has 1 saturated carbocycles. The maximum atomic E-state index is 12.8. The fourth-order valence-electron chi connectivity index (χ4n) is 4.57. The second-order valence-corrected chi connectivity index (χ2v) is 7.67. The Hall–Kier alpha value is -2.06. The number of hydrogen-bond acceptors (Lipinski definition) is 3. The Labute approximate surface area is 149 Å². The summed E-state index contributed by atoms with van der Waals surface area (Å²) < 4.78 is 5.72. The summed E-state index contributed by atoms with van der Waals surface area (Å²) >= 11 is 0. The van der Waals surface area contributed by atoms with E-state index in [1.165, 1.54) is 5.56 Å². The van der Waals surface area contributed by atoms with Crippen molar-refractivity contribution in [2.75, 3.05) is 26.3 Å². The predicted molar refractivity (Wildman–Crippen MR) is 93.9 cm³/mol. The van der Waals surface area contributed by atoms with Crippen LogP contribution in [0, 0.1) is 22.7 Å². The van der Waals surface area contributed by atoms with Crippen molar-refractivity contribution in [3.63, 3.8) is 0 Å². The lowest BCUT2D eigenvalue weighted by Gasteiger charge is -2.37. The first kappa shape index (κ1) is 16.4. The molecule has 2 aliphatic heterocycles. The molecule has 25 heavy (non-hydrogen) atoms. The quantitative estimate of drug-likeness (QED) is 0.921. The van der Waals surface area contributed by atoms with Crippen LogP contribution in [0.3, 0.4) is 0 Å². The van der Waals surface area contributed by atoms with Gasteiger partial charge >= 0.3 is 6.03 Å². The van der Waals surface area contributed by atoms with Gasteiger partial charge in [0, 0.05) is 37.6 Å². The van der Waals surface area contributed by atoms with Crippen LogP contribution in [0.2, 0.25) is 0 Å². The van der Waals surface area contributed by atoms with E-state index in [2.05, 4.69) is 35.7 Å². The molecular formula is C20H25N3O2. The smallest absolute Gasteiger partial charge is 0.317 e. The summed E-state index contributed by atoms with van der Waals surface area (Å²) in [4.78, 5) is 14.8. The number of likely N-dealkylation sites (tertiary alicyclic amines) is 1. The summed E-state index contributed by atoms with van der Waals surface area (Å²) in [5.74, 6) is 0.682. The molecule has 3 fully saturated rings. The zero-order valence-corrected chi connectivity index (χ0v) is 14.5. The van der Waals surface area contributed by atoms with Crippen LogP contribution in [0.4, 0.5) is 4.79 Å². The monoisotopic (exact) mass is 339 g/mol. The molecule has 3 aliphatic rings. The molecule has 1 aromatic rings. The van der Waals surface area contributed by atoms with Gasteiger partial charge in [-0.3, -0.25) is 0 Å². The SMILES string of the molecule is N#CC1(CNC(=O)N2CC(c3ccccc3)C3COCCC32)CCC1. The van der Waals surface area contributed by atoms with E-state index in [0.717, 1.165) is 38.8 Å². The highest BCUT2D eigenvalue weighted by atomic mass is 16.5. The number of fused-ring (bicyclic) bond motifs is 1. The Balaban J connectivity index is 1.47. The van der Waals surface area contributed by atoms with Crippen molar-refractivity contribution in [2.45, 2.75) is 37.6 Å². The largest absolute Gasteiger partial charge is 0.381 e. The predicted octanol–water partition coefficient (Wildman–Crippen LogP) is 2.89. The molecule has 5 heteroatoms. The average Bonchev–Trinajstić information content (AvgIpc) is 3.01. The fourth-order valence-corrected chi connectivity index (χ4v) is 4.57. The lowest BCUT2D eigenvalue weighted by Crippen LogP contribution is -2.50. The number of carbonyl (C=O) groups excluding carboxylic acids is 1. The molecule has 1 N–H and O–H groups in total. The van der Waals surface area contributed by atoms with Crippen molar-refractivity contribution in [1.29, 1.82) is 5.26 Å². The summed E-state index contributed by atoms with van der Waals surface area (Å²) in [6, 6.07) is 13.1. The van der Waals surface area contributed by atoms with Gasteiger partial charge in [0.05, 0.1) is 18.1 Å². The highest BCUT2D eigenvalue weighted by Gasteiger charge is 2.46. The molecular weight excluding hydrogens is 314 g/mol. The van der Waals surface area contributed by atoms with Gasteiger partial charge in [0.2, 0.25) is 0 Å². The summed E-state index contributed by atoms with van der Waals surface area (Å²) in [7, 11) is 0. The molecule has 0 aromatic heterocycles. The Morgan fingerprint density at radius 2 is 2.16 bits per heavy atom. The number of benzene rings is 1. The normalized spacial score (nSPS) is 30.0. The third kappa shape index (κ3) is 3.00. The standard InChI is InChI=1S/C20H25N3O2/c21-13-20(8-4-9-20)14-22-19(24)23-11-16(15-5-2-1-3-6-15)17-12-25-10-7-18(17)23/h1-3,5-6,16-18H,4,7-12,14H2,(H,22,24). The first-order chi connectivity index (χ1) is 12.2. The van der Waals surface area contributed by atoms with Gasteiger partial charge in [0.15, 0.2) is 0 Å². The Kier molecular flexibility index (Phi) is 4.39. The van der Waals surface area contributed by atoms with Crippen LogP contribution < -0.4 is 5.32 Å². The molecule has 0 radical (unpaired) electrons. The fraction of sp³-hybridized carbons (Fsp3) is 0.600. The van der Waals surface area contributed by atoms with E-state index in [-0.39, 0.29) is 17.5 Å². The van der Waals surface area contributed by atoms with E-state index in [1.54, 1.807) is 0 Å². The zero-order valence-electron chi connectivity index (χ0n) is 14.5. The summed E-state index contributed by atoms with van der Waals surface area (Å²) in [5.41, 5.74) is 0.953. The van der Waals surface area contributed by atoms with Gasteiger partial charge in [-0.1, -0.05) is 36.8 Å². The minimum Gasteiger partial charge on any atom is -0.381 e. The van der Waals surface area contributed by atoms with E-state index < -0.39 is 0 Å². The summed E-state index contributed by atoms with van der Waals surface area (Å²) in [6.07, 6.45) is 3.78. The van der Waals surface area contributed by atoms with E-state index >= 15 is 0 Å². The highest BCUT2D eigenvalue weighted by Crippen LogP contribution is 2.42. The first-order valence-electron chi connectivity index (χ1n) is 9.31. The number of hydrogen-bond donors (Lipinski definition) is 1. The molecule has 4 rings (SSSR count). The summed E-state index contributed by atoms with van der Waals surface area (Å²) in [6.45, 7) is 2.64. The van der Waals surface area contributed by atoms with E-state index in [9.17, 15) is 10.1 Å². The first-order valence-corrected chi connectivity index (χ1v) is 9.31. The van der Waals surface area contributed by atoms with E-state index in [1.807, 2.05) is 11.0 Å². The van der Waals surface area contributed by atoms with Crippen LogP contribution in [0.5, 0.6) is 0 Å². The second kappa shape index (κ2) is 6.68. The van der Waals surface area contributed by atoms with Gasteiger partial charge in [-0.2, -0.15) is 5.26 Å². The van der Waals surface area contributed by atoms with Crippen LogP contribution in [0.25, 0.3) is 0 Å². The molecule has 1 aliphatic carbocycles. The van der Waals surface area contributed by atoms with Gasteiger partial charge in [-0.15, -0.1) is 0 Å². The van der Waals surface area contributed by atoms with Crippen LogP contribution in [-0.4, -0.2) is 43.3 Å². The minimum absolute atomic E-state index is 0.0168. The minimum atomic E-state index is -0.330. The van der Waals surface area contributed by atoms with Gasteiger partial charge in [-0.05, 0) is 24.8 Å². The van der Waals surface area contributed by atoms with Crippen LogP contribution in [-0.2, 0) is 4.74 Å². The van der Waals surface area contributed by atoms with Crippen LogP contribution in [0.1, 0.15) is 37.2 Å². The third-order valence-corrected chi connectivity index (χ3v) is 6.29. The van der Waals surface area contributed by atoms with E-state index in [4.69, 9.17) is 4.74 Å². The Morgan fingerprint density at radius 1 is 1.36 bits per heavy atom. The lowest BCUT2D eigenvalue weighted by molar-refractivity contribution is 0.0258. The molecule has 5 nitrogen and oxygen atoms in total. The number of carbonyl (C=O) groups is 1. The molecule has 3 unspecified atom stereocenters. The number of nitrogens with one attached hydrogen (secondary N) is 1. The summed E-state index contributed by atoms with van der Waals surface area (Å²) in [5, 5.41) is 12.4. The van der Waals surface area contributed by atoms with Gasteiger partial charge in [0.25, 0.3) is 0 Å². The Bertz CT molecular complexity index is 665. The zero-order chi connectivity index (χ0) is 17.3. The van der Waals surface area contributed by atoms with E-state index in [0.29, 0.717) is 25.0 Å². The van der Waals surface area contributed by atoms with Crippen LogP contribution >= 0.6 is 0 Å². The van der Waals surface area contributed by atoms with Crippen molar-refractivity contribution in [3.8, 4) is 6.07 Å². The highest BCUT2D eigenvalue weighted by molar-refractivity contribution is 5.75. The maximum absolute atomic E-state index is 12.8. The Morgan fingerprint density at radius 3 is 2.84 bits per heavy atom. The third-order valence-electron chi connectivity index (χ3n) is 6.29. The van der Waals surface area contributed by atoms with Crippen molar-refractivity contribution >= 4 is 6.03 Å². The molecule has 0 bridgehead atoms. The molecule has 132 valence electrons.